The lowest BCUT2D eigenvalue weighted by Gasteiger charge is -2.32. The third kappa shape index (κ3) is 4.62. The highest BCUT2D eigenvalue weighted by Crippen LogP contribution is 2.48. The largest absolute Gasteiger partial charge is 0.477 e. The number of nitrogens with one attached hydrogen (secondary N) is 2. The number of hydrogen-bond donors (Lipinski definition) is 3. The molecule has 3 aliphatic rings. The second kappa shape index (κ2) is 9.27. The number of fused-ring (bicyclic) bond motifs is 1. The number of aromatic amines is 1. The maximum absolute atomic E-state index is 12.8. The van der Waals surface area contributed by atoms with Crippen molar-refractivity contribution in [1.29, 1.82) is 0 Å². The van der Waals surface area contributed by atoms with E-state index >= 15 is 0 Å². The minimum absolute atomic E-state index is 0.0138. The second-order valence-electron chi connectivity index (χ2n) is 9.42. The number of hydrogen-bond acceptors (Lipinski definition) is 7. The minimum Gasteiger partial charge on any atom is -0.477 e. The summed E-state index contributed by atoms with van der Waals surface area (Å²) < 4.78 is 0. The predicted molar refractivity (Wildman–Crippen MR) is 133 cm³/mol. The highest BCUT2D eigenvalue weighted by atomic mass is 35.5. The van der Waals surface area contributed by atoms with E-state index in [1.807, 2.05) is 11.9 Å². The summed E-state index contributed by atoms with van der Waals surface area (Å²) in [5, 5.41) is 13.9. The van der Waals surface area contributed by atoms with Gasteiger partial charge in [0.2, 0.25) is 5.91 Å². The molecule has 13 heteroatoms. The van der Waals surface area contributed by atoms with E-state index in [0.717, 1.165) is 24.4 Å². The van der Waals surface area contributed by atoms with Gasteiger partial charge in [-0.05, 0) is 14.0 Å². The number of amides is 2. The van der Waals surface area contributed by atoms with Gasteiger partial charge in [0, 0.05) is 62.8 Å². The second-order valence-corrected chi connectivity index (χ2v) is 11.2. The molecular weight excluding hydrogens is 515 g/mol. The molecule has 0 unspecified atom stereocenters. The average molecular weight is 541 g/mol. The number of anilines is 1. The summed E-state index contributed by atoms with van der Waals surface area (Å²) in [6.07, 6.45) is -0.0138. The first-order valence-corrected chi connectivity index (χ1v) is 13.0. The summed E-state index contributed by atoms with van der Waals surface area (Å²) in [5.41, 5.74) is 1.22. The van der Waals surface area contributed by atoms with Crippen molar-refractivity contribution in [3.8, 4) is 0 Å². The Bertz CT molecular complexity index is 1180. The Hall–Kier alpha value is -2.34. The number of H-pyrrole nitrogens is 1. The molecule has 10 nitrogen and oxygen atoms in total. The fourth-order valence-corrected chi connectivity index (χ4v) is 6.28. The number of piperazine rings is 1. The number of piperidine rings is 1. The van der Waals surface area contributed by atoms with Crippen LogP contribution in [0.25, 0.3) is 0 Å². The molecule has 0 radical (unpaired) electrons. The molecule has 3 N–H and O–H groups in total. The maximum atomic E-state index is 12.8. The summed E-state index contributed by atoms with van der Waals surface area (Å²) in [6.45, 7) is 5.95. The number of rotatable bonds is 6. The summed E-state index contributed by atoms with van der Waals surface area (Å²) in [6, 6.07) is 0.0226. The first kappa shape index (κ1) is 24.4. The van der Waals surface area contributed by atoms with Crippen LogP contribution < -0.4 is 10.2 Å². The number of carboxylic acids is 1. The molecule has 1 saturated carbocycles. The van der Waals surface area contributed by atoms with Crippen LogP contribution in [0.2, 0.25) is 10.0 Å². The average Bonchev–Trinajstić information content (AvgIpc) is 3.19. The fraction of sp³-hybridized carbons (Fsp3) is 0.545. The quantitative estimate of drug-likeness (QED) is 0.511. The number of nitrogens with zero attached hydrogens (tertiary/aromatic N) is 4. The van der Waals surface area contributed by atoms with Gasteiger partial charge >= 0.3 is 5.97 Å². The maximum Gasteiger partial charge on any atom is 0.347 e. The SMILES string of the molecule is Cc1[nH]c(C(=O)N[C@@H]2[C@@H]3CN(c4nc(CC(=O)N5CCN(C)CC5)c(C(=O)O)s4)C[C@@H]32)c(Cl)c1Cl. The van der Waals surface area contributed by atoms with Crippen molar-refractivity contribution in [3.05, 3.63) is 32.0 Å². The molecule has 4 heterocycles. The first-order chi connectivity index (χ1) is 16.6. The molecular formula is C22H26Cl2N6O4S. The van der Waals surface area contributed by atoms with Crippen LogP contribution in [0.15, 0.2) is 0 Å². The van der Waals surface area contributed by atoms with E-state index in [2.05, 4.69) is 20.2 Å². The Morgan fingerprint density at radius 1 is 1.14 bits per heavy atom. The standard InChI is InChI=1S/C22H26Cl2N6O4S/c1-10-15(23)16(24)18(25-10)20(32)27-17-11-8-30(9-12(11)17)22-26-13(19(35-22)21(33)34)7-14(31)29-5-3-28(2)4-6-29/h11-12,17,25H,3-9H2,1-2H3,(H,27,32)(H,33,34)/t11-,12+,17-. The van der Waals surface area contributed by atoms with Gasteiger partial charge in [0.1, 0.15) is 10.6 Å². The van der Waals surface area contributed by atoms with E-state index in [1.54, 1.807) is 11.8 Å². The molecule has 2 amide bonds. The molecule has 35 heavy (non-hydrogen) atoms. The molecule has 0 aromatic carbocycles. The molecule has 5 rings (SSSR count). The number of aromatic carboxylic acids is 1. The number of aryl methyl sites for hydroxylation is 1. The smallest absolute Gasteiger partial charge is 0.347 e. The molecule has 0 bridgehead atoms. The van der Waals surface area contributed by atoms with Gasteiger partial charge in [-0.2, -0.15) is 0 Å². The normalized spacial score (nSPS) is 23.9. The van der Waals surface area contributed by atoms with Crippen LogP contribution in [0.1, 0.15) is 31.5 Å². The van der Waals surface area contributed by atoms with Crippen molar-refractivity contribution >= 4 is 57.5 Å². The Balaban J connectivity index is 1.21. The number of carbonyl (C=O) groups is 3. The van der Waals surface area contributed by atoms with Gasteiger partial charge in [-0.3, -0.25) is 9.59 Å². The van der Waals surface area contributed by atoms with Crippen LogP contribution in [0.5, 0.6) is 0 Å². The summed E-state index contributed by atoms with van der Waals surface area (Å²) >= 11 is 13.3. The highest BCUT2D eigenvalue weighted by molar-refractivity contribution is 7.17. The van der Waals surface area contributed by atoms with Crippen LogP contribution in [-0.2, 0) is 11.2 Å². The van der Waals surface area contributed by atoms with Crippen molar-refractivity contribution in [3.63, 3.8) is 0 Å². The van der Waals surface area contributed by atoms with Gasteiger partial charge in [-0.15, -0.1) is 0 Å². The third-order valence-electron chi connectivity index (χ3n) is 7.10. The van der Waals surface area contributed by atoms with Gasteiger partial charge in [0.25, 0.3) is 5.91 Å². The molecule has 3 fully saturated rings. The Morgan fingerprint density at radius 2 is 1.80 bits per heavy atom. The zero-order valence-corrected chi connectivity index (χ0v) is 21.6. The van der Waals surface area contributed by atoms with Crippen LogP contribution in [0.3, 0.4) is 0 Å². The van der Waals surface area contributed by atoms with E-state index in [0.29, 0.717) is 47.7 Å². The molecule has 2 aliphatic heterocycles. The van der Waals surface area contributed by atoms with E-state index in [4.69, 9.17) is 23.2 Å². The molecule has 2 saturated heterocycles. The summed E-state index contributed by atoms with van der Waals surface area (Å²) in [5.74, 6) is -0.958. The molecule has 3 atom stereocenters. The van der Waals surface area contributed by atoms with E-state index in [9.17, 15) is 19.5 Å². The number of likely N-dealkylation sites (N-methyl/N-ethyl adjacent to an activating group) is 1. The molecule has 1 aliphatic carbocycles. The van der Waals surface area contributed by atoms with Crippen LogP contribution in [0, 0.1) is 18.8 Å². The monoisotopic (exact) mass is 540 g/mol. The number of carbonyl (C=O) groups excluding carboxylic acids is 2. The van der Waals surface area contributed by atoms with Gasteiger partial charge in [-0.1, -0.05) is 34.5 Å². The van der Waals surface area contributed by atoms with Crippen molar-refractivity contribution in [2.45, 2.75) is 19.4 Å². The minimum atomic E-state index is -1.07. The van der Waals surface area contributed by atoms with Gasteiger partial charge < -0.3 is 30.1 Å². The predicted octanol–water partition coefficient (Wildman–Crippen LogP) is 1.97. The lowest BCUT2D eigenvalue weighted by atomic mass is 10.2. The van der Waals surface area contributed by atoms with Crippen molar-refractivity contribution in [2.75, 3.05) is 51.2 Å². The van der Waals surface area contributed by atoms with Crippen molar-refractivity contribution in [2.24, 2.45) is 11.8 Å². The van der Waals surface area contributed by atoms with E-state index < -0.39 is 5.97 Å². The van der Waals surface area contributed by atoms with E-state index in [-0.39, 0.29) is 51.7 Å². The van der Waals surface area contributed by atoms with Crippen LogP contribution in [-0.4, -0.2) is 95.0 Å². The zero-order valence-electron chi connectivity index (χ0n) is 19.3. The van der Waals surface area contributed by atoms with Crippen molar-refractivity contribution < 1.29 is 19.5 Å². The van der Waals surface area contributed by atoms with Gasteiger partial charge in [0.05, 0.1) is 22.2 Å². The van der Waals surface area contributed by atoms with E-state index in [1.165, 1.54) is 0 Å². The van der Waals surface area contributed by atoms with Gasteiger partial charge in [0.15, 0.2) is 5.13 Å². The fourth-order valence-electron chi connectivity index (χ4n) is 4.92. The Labute approximate surface area is 216 Å². The topological polar surface area (TPSA) is 122 Å². The van der Waals surface area contributed by atoms with Crippen LogP contribution in [0.4, 0.5) is 5.13 Å². The molecule has 0 spiro atoms. The Morgan fingerprint density at radius 3 is 2.37 bits per heavy atom. The van der Waals surface area contributed by atoms with Crippen LogP contribution >= 0.6 is 34.5 Å². The first-order valence-electron chi connectivity index (χ1n) is 11.4. The molecule has 2 aromatic rings. The summed E-state index contributed by atoms with van der Waals surface area (Å²) in [4.78, 5) is 50.8. The highest BCUT2D eigenvalue weighted by Gasteiger charge is 2.57. The number of thiazole rings is 1. The molecule has 2 aromatic heterocycles. The third-order valence-corrected chi connectivity index (χ3v) is 9.19. The van der Waals surface area contributed by atoms with Gasteiger partial charge in [-0.25, -0.2) is 9.78 Å². The Kier molecular flexibility index (Phi) is 6.45. The lowest BCUT2D eigenvalue weighted by Crippen LogP contribution is -2.47. The zero-order chi connectivity index (χ0) is 25.0. The summed E-state index contributed by atoms with van der Waals surface area (Å²) in [7, 11) is 2.01. The number of aromatic nitrogens is 2. The molecule has 188 valence electrons. The number of carboxylic acid groups (broad SMARTS) is 1. The van der Waals surface area contributed by atoms with Crippen molar-refractivity contribution in [1.82, 2.24) is 25.1 Å². The lowest BCUT2D eigenvalue weighted by molar-refractivity contribution is -0.132. The number of halogens is 2.